The summed E-state index contributed by atoms with van der Waals surface area (Å²) in [4.78, 5) is 10.5. The number of methoxy groups -OCH3 is 1. The van der Waals surface area contributed by atoms with Gasteiger partial charge in [-0.3, -0.25) is 10.1 Å². The first-order chi connectivity index (χ1) is 10.0. The molecule has 2 aromatic rings. The van der Waals surface area contributed by atoms with Crippen molar-refractivity contribution in [2.75, 3.05) is 7.11 Å². The smallest absolute Gasteiger partial charge is 0.276 e. The first-order valence-electron chi connectivity index (χ1n) is 6.22. The van der Waals surface area contributed by atoms with Crippen LogP contribution in [-0.4, -0.2) is 12.0 Å². The Morgan fingerprint density at radius 1 is 1.29 bits per heavy atom. The van der Waals surface area contributed by atoms with Gasteiger partial charge >= 0.3 is 0 Å². The zero-order valence-corrected chi connectivity index (χ0v) is 13.2. The topological polar surface area (TPSA) is 61.6 Å². The highest BCUT2D eigenvalue weighted by atomic mass is 79.9. The van der Waals surface area contributed by atoms with E-state index in [1.54, 1.807) is 26.2 Å². The molecular weight excluding hydrogens is 338 g/mol. The van der Waals surface area contributed by atoms with Gasteiger partial charge in [-0.2, -0.15) is 0 Å². The number of nitro groups is 1. The van der Waals surface area contributed by atoms with Gasteiger partial charge in [0.2, 0.25) is 0 Å². The number of ether oxygens (including phenoxy) is 2. The number of halogens is 1. The number of hydrogen-bond donors (Lipinski definition) is 0. The van der Waals surface area contributed by atoms with Gasteiger partial charge in [0.25, 0.3) is 5.69 Å². The fourth-order valence-electron chi connectivity index (χ4n) is 1.90. The quantitative estimate of drug-likeness (QED) is 0.596. The van der Waals surface area contributed by atoms with Gasteiger partial charge in [0, 0.05) is 16.1 Å². The van der Waals surface area contributed by atoms with E-state index in [0.717, 1.165) is 15.8 Å². The number of nitrogens with zero attached hydrogens (tertiary/aromatic N) is 1. The van der Waals surface area contributed by atoms with E-state index < -0.39 is 4.92 Å². The molecule has 0 spiro atoms. The molecule has 2 rings (SSSR count). The Morgan fingerprint density at radius 3 is 2.71 bits per heavy atom. The highest BCUT2D eigenvalue weighted by molar-refractivity contribution is 9.10. The van der Waals surface area contributed by atoms with Crippen molar-refractivity contribution in [2.45, 2.75) is 13.5 Å². The molecule has 0 heterocycles. The minimum Gasteiger partial charge on any atom is -0.497 e. The zero-order valence-electron chi connectivity index (χ0n) is 11.6. The summed E-state index contributed by atoms with van der Waals surface area (Å²) in [5, 5.41) is 10.9. The van der Waals surface area contributed by atoms with Crippen LogP contribution in [0, 0.1) is 17.0 Å². The molecule has 0 atom stereocenters. The molecule has 110 valence electrons. The van der Waals surface area contributed by atoms with Crippen LogP contribution in [0.15, 0.2) is 40.9 Å². The molecule has 0 amide bonds. The van der Waals surface area contributed by atoms with E-state index in [2.05, 4.69) is 15.9 Å². The van der Waals surface area contributed by atoms with Crippen molar-refractivity contribution in [2.24, 2.45) is 0 Å². The highest BCUT2D eigenvalue weighted by Gasteiger charge is 2.14. The Kier molecular flexibility index (Phi) is 4.80. The summed E-state index contributed by atoms with van der Waals surface area (Å²) in [5.41, 5.74) is 1.47. The third kappa shape index (κ3) is 3.52. The van der Waals surface area contributed by atoms with E-state index in [0.29, 0.717) is 17.9 Å². The molecule has 0 radical (unpaired) electrons. The summed E-state index contributed by atoms with van der Waals surface area (Å²) < 4.78 is 11.8. The van der Waals surface area contributed by atoms with Crippen LogP contribution >= 0.6 is 15.9 Å². The largest absolute Gasteiger partial charge is 0.497 e. The summed E-state index contributed by atoms with van der Waals surface area (Å²) >= 11 is 3.45. The fraction of sp³-hybridized carbons (Fsp3) is 0.200. The molecule has 5 nitrogen and oxygen atoms in total. The maximum atomic E-state index is 10.9. The minimum absolute atomic E-state index is 0.0530. The van der Waals surface area contributed by atoms with Gasteiger partial charge in [-0.25, -0.2) is 0 Å². The Hall–Kier alpha value is -2.08. The van der Waals surface area contributed by atoms with E-state index in [1.807, 2.05) is 18.2 Å². The van der Waals surface area contributed by atoms with Gasteiger partial charge < -0.3 is 9.47 Å². The third-order valence-corrected chi connectivity index (χ3v) is 3.86. The van der Waals surface area contributed by atoms with E-state index in [4.69, 9.17) is 9.47 Å². The van der Waals surface area contributed by atoms with Crippen LogP contribution in [0.4, 0.5) is 5.69 Å². The lowest BCUT2D eigenvalue weighted by Gasteiger charge is -2.11. The molecule has 0 saturated carbocycles. The molecule has 6 heteroatoms. The molecule has 0 N–H and O–H groups in total. The maximum Gasteiger partial charge on any atom is 0.276 e. The van der Waals surface area contributed by atoms with Crippen molar-refractivity contribution in [1.29, 1.82) is 0 Å². The predicted molar refractivity (Wildman–Crippen MR) is 82.9 cm³/mol. The van der Waals surface area contributed by atoms with Crippen LogP contribution in [0.1, 0.15) is 11.1 Å². The van der Waals surface area contributed by atoms with Crippen LogP contribution in [0.3, 0.4) is 0 Å². The summed E-state index contributed by atoms with van der Waals surface area (Å²) in [7, 11) is 1.60. The Morgan fingerprint density at radius 2 is 2.05 bits per heavy atom. The summed E-state index contributed by atoms with van der Waals surface area (Å²) in [6, 6.07) is 10.4. The van der Waals surface area contributed by atoms with Crippen molar-refractivity contribution >= 4 is 21.6 Å². The molecule has 0 fully saturated rings. The molecule has 0 bridgehead atoms. The summed E-state index contributed by atoms with van der Waals surface area (Å²) in [5.74, 6) is 1.23. The number of rotatable bonds is 5. The lowest BCUT2D eigenvalue weighted by Crippen LogP contribution is -2.00. The standard InChI is InChI=1S/C15H14BrNO4/c1-10-14(17(18)19)4-3-5-15(10)21-9-11-8-12(20-2)6-7-13(11)16/h3-8H,9H2,1-2H3. The van der Waals surface area contributed by atoms with Crippen LogP contribution < -0.4 is 9.47 Å². The lowest BCUT2D eigenvalue weighted by atomic mass is 10.2. The molecule has 21 heavy (non-hydrogen) atoms. The fourth-order valence-corrected chi connectivity index (χ4v) is 2.26. The Bertz CT molecular complexity index is 673. The van der Waals surface area contributed by atoms with Gasteiger partial charge in [-0.05, 0) is 31.2 Å². The molecule has 0 saturated heterocycles. The zero-order chi connectivity index (χ0) is 15.4. The molecule has 0 aliphatic carbocycles. The second-order valence-electron chi connectivity index (χ2n) is 4.40. The predicted octanol–water partition coefficient (Wildman–Crippen LogP) is 4.25. The van der Waals surface area contributed by atoms with Gasteiger partial charge in [0.1, 0.15) is 18.1 Å². The Labute approximate surface area is 130 Å². The average molecular weight is 352 g/mol. The first kappa shape index (κ1) is 15.3. The number of nitro benzene ring substituents is 1. The van der Waals surface area contributed by atoms with Gasteiger partial charge in [-0.1, -0.05) is 22.0 Å². The SMILES string of the molecule is COc1ccc(Br)c(COc2cccc([N+](=O)[O-])c2C)c1. The normalized spacial score (nSPS) is 10.2. The minimum atomic E-state index is -0.413. The molecule has 0 aliphatic rings. The van der Waals surface area contributed by atoms with Crippen molar-refractivity contribution in [1.82, 2.24) is 0 Å². The average Bonchev–Trinajstić information content (AvgIpc) is 2.47. The highest BCUT2D eigenvalue weighted by Crippen LogP contribution is 2.29. The molecular formula is C15H14BrNO4. The van der Waals surface area contributed by atoms with E-state index in [9.17, 15) is 10.1 Å². The number of benzene rings is 2. The monoisotopic (exact) mass is 351 g/mol. The van der Waals surface area contributed by atoms with Crippen LogP contribution in [0.25, 0.3) is 0 Å². The maximum absolute atomic E-state index is 10.9. The van der Waals surface area contributed by atoms with Crippen LogP contribution in [0.2, 0.25) is 0 Å². The molecule has 0 aliphatic heterocycles. The third-order valence-electron chi connectivity index (χ3n) is 3.09. The second kappa shape index (κ2) is 6.58. The Balaban J connectivity index is 2.21. The van der Waals surface area contributed by atoms with Gasteiger partial charge in [-0.15, -0.1) is 0 Å². The number of hydrogen-bond acceptors (Lipinski definition) is 4. The second-order valence-corrected chi connectivity index (χ2v) is 5.26. The van der Waals surface area contributed by atoms with Crippen molar-refractivity contribution < 1.29 is 14.4 Å². The van der Waals surface area contributed by atoms with E-state index in [-0.39, 0.29) is 5.69 Å². The molecule has 2 aromatic carbocycles. The molecule has 0 unspecified atom stereocenters. The summed E-state index contributed by atoms with van der Waals surface area (Å²) in [6.07, 6.45) is 0. The first-order valence-corrected chi connectivity index (χ1v) is 7.01. The van der Waals surface area contributed by atoms with Gasteiger partial charge in [0.05, 0.1) is 17.6 Å². The van der Waals surface area contributed by atoms with E-state index in [1.165, 1.54) is 6.07 Å². The summed E-state index contributed by atoms with van der Waals surface area (Å²) in [6.45, 7) is 1.97. The van der Waals surface area contributed by atoms with E-state index >= 15 is 0 Å². The van der Waals surface area contributed by atoms with Crippen molar-refractivity contribution in [3.8, 4) is 11.5 Å². The van der Waals surface area contributed by atoms with Crippen molar-refractivity contribution in [3.05, 3.63) is 62.1 Å². The van der Waals surface area contributed by atoms with Crippen molar-refractivity contribution in [3.63, 3.8) is 0 Å². The molecule has 0 aromatic heterocycles. The van der Waals surface area contributed by atoms with Crippen LogP contribution in [0.5, 0.6) is 11.5 Å². The van der Waals surface area contributed by atoms with Gasteiger partial charge in [0.15, 0.2) is 0 Å². The van der Waals surface area contributed by atoms with Crippen LogP contribution in [-0.2, 0) is 6.61 Å². The lowest BCUT2D eigenvalue weighted by molar-refractivity contribution is -0.385.